The predicted molar refractivity (Wildman–Crippen MR) is 48.6 cm³/mol. The Morgan fingerprint density at radius 1 is 1.30 bits per heavy atom. The number of aliphatic hydroxyl groups excluding tert-OH is 1. The molecule has 1 N–H and O–H groups in total. The van der Waals surface area contributed by atoms with E-state index in [4.69, 9.17) is 5.11 Å². The lowest BCUT2D eigenvalue weighted by atomic mass is 10.1. The van der Waals surface area contributed by atoms with Gasteiger partial charge in [-0.15, -0.1) is 0 Å². The third kappa shape index (κ3) is 6.56. The van der Waals surface area contributed by atoms with Crippen LogP contribution in [0.1, 0.15) is 39.0 Å². The number of alkyl halides is 1. The van der Waals surface area contributed by atoms with Crippen molar-refractivity contribution in [1.82, 2.24) is 0 Å². The van der Waals surface area contributed by atoms with Crippen LogP contribution in [0.15, 0.2) is 0 Å². The molecule has 0 saturated heterocycles. The molecule has 1 unspecified atom stereocenters. The Kier molecular flexibility index (Phi) is 7.88. The average Bonchev–Trinajstić information content (AvgIpc) is 1.89. The van der Waals surface area contributed by atoms with Crippen molar-refractivity contribution in [1.29, 1.82) is 0 Å². The lowest BCUT2D eigenvalue weighted by Gasteiger charge is -2.05. The Balaban J connectivity index is 2.97. The van der Waals surface area contributed by atoms with Crippen molar-refractivity contribution in [2.24, 2.45) is 0 Å². The SMILES string of the molecule is CCCCCC(Br)CCO. The second kappa shape index (κ2) is 7.55. The van der Waals surface area contributed by atoms with E-state index in [1.807, 2.05) is 0 Å². The fraction of sp³-hybridized carbons (Fsp3) is 1.00. The maximum Gasteiger partial charge on any atom is 0.0441 e. The first-order valence-corrected chi connectivity index (χ1v) is 4.97. The van der Waals surface area contributed by atoms with E-state index in [1.165, 1.54) is 25.7 Å². The van der Waals surface area contributed by atoms with Crippen LogP contribution in [0.4, 0.5) is 0 Å². The molecule has 1 atom stereocenters. The first kappa shape index (κ1) is 10.4. The first-order chi connectivity index (χ1) is 4.81. The van der Waals surface area contributed by atoms with Gasteiger partial charge in [0, 0.05) is 11.4 Å². The number of unbranched alkanes of at least 4 members (excludes halogenated alkanes) is 2. The van der Waals surface area contributed by atoms with Crippen LogP contribution in [0, 0.1) is 0 Å². The van der Waals surface area contributed by atoms with Crippen LogP contribution in [0.2, 0.25) is 0 Å². The van der Waals surface area contributed by atoms with E-state index < -0.39 is 0 Å². The second-order valence-corrected chi connectivity index (χ2v) is 3.90. The van der Waals surface area contributed by atoms with Crippen LogP contribution in [0.3, 0.4) is 0 Å². The van der Waals surface area contributed by atoms with Crippen LogP contribution in [-0.2, 0) is 0 Å². The number of hydrogen-bond donors (Lipinski definition) is 1. The Morgan fingerprint density at radius 3 is 2.50 bits per heavy atom. The summed E-state index contributed by atoms with van der Waals surface area (Å²) in [6.45, 7) is 2.51. The third-order valence-electron chi connectivity index (χ3n) is 1.56. The van der Waals surface area contributed by atoms with Crippen molar-refractivity contribution in [3.63, 3.8) is 0 Å². The fourth-order valence-corrected chi connectivity index (χ4v) is 1.43. The first-order valence-electron chi connectivity index (χ1n) is 4.06. The zero-order valence-corrected chi connectivity index (χ0v) is 8.23. The van der Waals surface area contributed by atoms with E-state index in [-0.39, 0.29) is 0 Å². The highest BCUT2D eigenvalue weighted by Gasteiger charge is 2.00. The van der Waals surface area contributed by atoms with Crippen molar-refractivity contribution in [3.8, 4) is 0 Å². The molecule has 0 aromatic carbocycles. The molecule has 0 aliphatic heterocycles. The normalized spacial score (nSPS) is 13.5. The van der Waals surface area contributed by atoms with Crippen LogP contribution in [-0.4, -0.2) is 16.5 Å². The molecule has 0 spiro atoms. The summed E-state index contributed by atoms with van der Waals surface area (Å²) < 4.78 is 0. The predicted octanol–water partition coefficient (Wildman–Crippen LogP) is 2.71. The summed E-state index contributed by atoms with van der Waals surface area (Å²) in [5.41, 5.74) is 0. The van der Waals surface area contributed by atoms with Gasteiger partial charge in [-0.1, -0.05) is 42.1 Å². The number of aliphatic hydroxyl groups is 1. The maximum atomic E-state index is 8.56. The molecule has 0 aromatic heterocycles. The van der Waals surface area contributed by atoms with E-state index in [0.717, 1.165) is 6.42 Å². The van der Waals surface area contributed by atoms with Crippen LogP contribution >= 0.6 is 15.9 Å². The van der Waals surface area contributed by atoms with Crippen molar-refractivity contribution in [2.45, 2.75) is 43.9 Å². The highest BCUT2D eigenvalue weighted by atomic mass is 79.9. The molecule has 0 rings (SSSR count). The largest absolute Gasteiger partial charge is 0.396 e. The highest BCUT2D eigenvalue weighted by molar-refractivity contribution is 9.09. The summed E-state index contributed by atoms with van der Waals surface area (Å²) in [6, 6.07) is 0. The summed E-state index contributed by atoms with van der Waals surface area (Å²) in [5, 5.41) is 8.56. The molecule has 0 bridgehead atoms. The van der Waals surface area contributed by atoms with Gasteiger partial charge in [0.05, 0.1) is 0 Å². The minimum absolute atomic E-state index is 0.308. The van der Waals surface area contributed by atoms with Gasteiger partial charge in [-0.05, 0) is 12.8 Å². The summed E-state index contributed by atoms with van der Waals surface area (Å²) in [7, 11) is 0. The molecule has 10 heavy (non-hydrogen) atoms. The van der Waals surface area contributed by atoms with E-state index in [1.54, 1.807) is 0 Å². The standard InChI is InChI=1S/C8H17BrO/c1-2-3-4-5-8(9)6-7-10/h8,10H,2-7H2,1H3. The highest BCUT2D eigenvalue weighted by Crippen LogP contribution is 2.13. The van der Waals surface area contributed by atoms with Crippen molar-refractivity contribution in [2.75, 3.05) is 6.61 Å². The maximum absolute atomic E-state index is 8.56. The Labute approximate surface area is 72.0 Å². The van der Waals surface area contributed by atoms with Crippen molar-refractivity contribution >= 4 is 15.9 Å². The number of rotatable bonds is 6. The molecule has 0 aliphatic carbocycles. The summed E-state index contributed by atoms with van der Waals surface area (Å²) in [6.07, 6.45) is 5.97. The second-order valence-electron chi connectivity index (χ2n) is 2.61. The summed E-state index contributed by atoms with van der Waals surface area (Å²) in [5.74, 6) is 0. The van der Waals surface area contributed by atoms with Crippen LogP contribution in [0.25, 0.3) is 0 Å². The van der Waals surface area contributed by atoms with Crippen molar-refractivity contribution < 1.29 is 5.11 Å². The Hall–Kier alpha value is 0.440. The van der Waals surface area contributed by atoms with Gasteiger partial charge in [0.15, 0.2) is 0 Å². The third-order valence-corrected chi connectivity index (χ3v) is 2.48. The topological polar surface area (TPSA) is 20.2 Å². The Bertz CT molecular complexity index is 66.3. The van der Waals surface area contributed by atoms with E-state index >= 15 is 0 Å². The van der Waals surface area contributed by atoms with E-state index in [2.05, 4.69) is 22.9 Å². The van der Waals surface area contributed by atoms with Gasteiger partial charge in [0.25, 0.3) is 0 Å². The molecular formula is C8H17BrO. The van der Waals surface area contributed by atoms with Gasteiger partial charge in [-0.25, -0.2) is 0 Å². The zero-order valence-electron chi connectivity index (χ0n) is 6.65. The molecule has 0 fully saturated rings. The fourth-order valence-electron chi connectivity index (χ4n) is 0.900. The van der Waals surface area contributed by atoms with E-state index in [0.29, 0.717) is 11.4 Å². The summed E-state index contributed by atoms with van der Waals surface area (Å²) in [4.78, 5) is 0.532. The number of hydrogen-bond acceptors (Lipinski definition) is 1. The molecule has 0 aromatic rings. The van der Waals surface area contributed by atoms with Gasteiger partial charge in [0.1, 0.15) is 0 Å². The lowest BCUT2D eigenvalue weighted by molar-refractivity contribution is 0.285. The van der Waals surface area contributed by atoms with Gasteiger partial charge >= 0.3 is 0 Å². The van der Waals surface area contributed by atoms with Crippen LogP contribution < -0.4 is 0 Å². The quantitative estimate of drug-likeness (QED) is 0.526. The summed E-state index contributed by atoms with van der Waals surface area (Å²) >= 11 is 3.51. The van der Waals surface area contributed by atoms with E-state index in [9.17, 15) is 0 Å². The molecular weight excluding hydrogens is 192 g/mol. The molecule has 0 heterocycles. The van der Waals surface area contributed by atoms with Gasteiger partial charge in [-0.2, -0.15) is 0 Å². The molecule has 0 aliphatic rings. The zero-order chi connectivity index (χ0) is 7.82. The van der Waals surface area contributed by atoms with Gasteiger partial charge in [0.2, 0.25) is 0 Å². The van der Waals surface area contributed by atoms with Crippen LogP contribution in [0.5, 0.6) is 0 Å². The van der Waals surface area contributed by atoms with Gasteiger partial charge < -0.3 is 5.11 Å². The molecule has 0 amide bonds. The number of halogens is 1. The molecule has 62 valence electrons. The monoisotopic (exact) mass is 208 g/mol. The van der Waals surface area contributed by atoms with Gasteiger partial charge in [-0.3, -0.25) is 0 Å². The smallest absolute Gasteiger partial charge is 0.0441 e. The minimum Gasteiger partial charge on any atom is -0.396 e. The molecule has 1 nitrogen and oxygen atoms in total. The Morgan fingerprint density at radius 2 is 2.00 bits per heavy atom. The average molecular weight is 209 g/mol. The minimum atomic E-state index is 0.308. The lowest BCUT2D eigenvalue weighted by Crippen LogP contribution is -2.00. The molecule has 0 saturated carbocycles. The van der Waals surface area contributed by atoms with Crippen molar-refractivity contribution in [3.05, 3.63) is 0 Å². The molecule has 2 heteroatoms. The molecule has 0 radical (unpaired) electrons.